The minimum Gasteiger partial charge on any atom is -0.462 e. The summed E-state index contributed by atoms with van der Waals surface area (Å²) in [6.07, 6.45) is 6.21. The number of carbonyl (C=O) groups excluding carboxylic acids is 2. The van der Waals surface area contributed by atoms with Gasteiger partial charge in [0.25, 0.3) is 0 Å². The van der Waals surface area contributed by atoms with Gasteiger partial charge in [-0.3, -0.25) is 4.79 Å². The van der Waals surface area contributed by atoms with Crippen LogP contribution in [0.2, 0.25) is 0 Å². The molecular weight excluding hydrogens is 410 g/mol. The zero-order valence-electron chi connectivity index (χ0n) is 16.6. The Morgan fingerprint density at radius 2 is 1.79 bits per heavy atom. The predicted molar refractivity (Wildman–Crippen MR) is 113 cm³/mol. The third kappa shape index (κ3) is 5.25. The summed E-state index contributed by atoms with van der Waals surface area (Å²) in [6, 6.07) is 6.25. The number of rotatable bonds is 6. The molecule has 1 heterocycles. The molecule has 0 radical (unpaired) electrons. The quantitative estimate of drug-likeness (QED) is 0.551. The summed E-state index contributed by atoms with van der Waals surface area (Å²) in [5.41, 5.74) is 2.21. The maximum Gasteiger partial charge on any atom is 0.341 e. The third-order valence-electron chi connectivity index (χ3n) is 4.87. The van der Waals surface area contributed by atoms with Crippen molar-refractivity contribution in [2.75, 3.05) is 18.2 Å². The highest BCUT2D eigenvalue weighted by Gasteiger charge is 2.26. The molecule has 156 valence electrons. The lowest BCUT2D eigenvalue weighted by Crippen LogP contribution is -2.17. The summed E-state index contributed by atoms with van der Waals surface area (Å²) in [4.78, 5) is 26.5. The number of benzene rings is 1. The molecule has 0 atom stereocenters. The van der Waals surface area contributed by atoms with Crippen LogP contribution in [0.1, 0.15) is 52.5 Å². The van der Waals surface area contributed by atoms with Gasteiger partial charge in [-0.25, -0.2) is 13.2 Å². The third-order valence-corrected chi connectivity index (χ3v) is 7.21. The first-order valence-corrected chi connectivity index (χ1v) is 12.4. The van der Waals surface area contributed by atoms with E-state index in [9.17, 15) is 18.0 Å². The zero-order valence-corrected chi connectivity index (χ0v) is 18.2. The summed E-state index contributed by atoms with van der Waals surface area (Å²) in [6.45, 7) is 2.05. The lowest BCUT2D eigenvalue weighted by molar-refractivity contribution is -0.115. The van der Waals surface area contributed by atoms with Gasteiger partial charge in [0.15, 0.2) is 9.84 Å². The van der Waals surface area contributed by atoms with Crippen molar-refractivity contribution in [2.45, 2.75) is 50.3 Å². The van der Waals surface area contributed by atoms with E-state index in [0.29, 0.717) is 16.1 Å². The molecule has 0 saturated heterocycles. The van der Waals surface area contributed by atoms with Crippen LogP contribution >= 0.6 is 11.3 Å². The van der Waals surface area contributed by atoms with Crippen molar-refractivity contribution >= 4 is 38.1 Å². The van der Waals surface area contributed by atoms with Crippen molar-refractivity contribution in [3.8, 4) is 0 Å². The molecule has 1 amide bonds. The first kappa shape index (κ1) is 21.5. The maximum absolute atomic E-state index is 12.6. The van der Waals surface area contributed by atoms with Gasteiger partial charge in [0.2, 0.25) is 5.91 Å². The second kappa shape index (κ2) is 9.09. The van der Waals surface area contributed by atoms with E-state index in [-0.39, 0.29) is 29.8 Å². The van der Waals surface area contributed by atoms with Crippen molar-refractivity contribution in [3.63, 3.8) is 0 Å². The van der Waals surface area contributed by atoms with Gasteiger partial charge < -0.3 is 10.1 Å². The van der Waals surface area contributed by atoms with Crippen LogP contribution in [0.5, 0.6) is 0 Å². The Hall–Kier alpha value is -2.19. The van der Waals surface area contributed by atoms with Crippen LogP contribution in [-0.2, 0) is 38.6 Å². The lowest BCUT2D eigenvalue weighted by atomic mass is 10.1. The van der Waals surface area contributed by atoms with E-state index >= 15 is 0 Å². The van der Waals surface area contributed by atoms with Gasteiger partial charge in [-0.15, -0.1) is 11.3 Å². The number of esters is 1. The van der Waals surface area contributed by atoms with Gasteiger partial charge in [0.1, 0.15) is 5.00 Å². The number of anilines is 1. The molecule has 0 bridgehead atoms. The molecule has 0 saturated carbocycles. The van der Waals surface area contributed by atoms with E-state index in [0.717, 1.165) is 48.8 Å². The van der Waals surface area contributed by atoms with Crippen LogP contribution in [0.3, 0.4) is 0 Å². The Morgan fingerprint density at radius 3 is 2.45 bits per heavy atom. The number of nitrogens with one attached hydrogen (secondary N) is 1. The molecule has 1 N–H and O–H groups in total. The number of hydrogen-bond acceptors (Lipinski definition) is 6. The number of hydrogen-bond donors (Lipinski definition) is 1. The smallest absolute Gasteiger partial charge is 0.341 e. The van der Waals surface area contributed by atoms with Crippen LogP contribution in [0.15, 0.2) is 29.2 Å². The molecule has 1 aromatic carbocycles. The van der Waals surface area contributed by atoms with Crippen molar-refractivity contribution < 1.29 is 22.7 Å². The topological polar surface area (TPSA) is 89.5 Å². The second-order valence-corrected chi connectivity index (χ2v) is 10.3. The Balaban J connectivity index is 1.80. The molecule has 8 heteroatoms. The van der Waals surface area contributed by atoms with Crippen LogP contribution < -0.4 is 5.32 Å². The van der Waals surface area contributed by atoms with Gasteiger partial charge in [0, 0.05) is 11.1 Å². The minimum absolute atomic E-state index is 0.0921. The number of fused-ring (bicyclic) bond motifs is 1. The Labute approximate surface area is 175 Å². The van der Waals surface area contributed by atoms with Gasteiger partial charge in [-0.2, -0.15) is 0 Å². The standard InChI is InChI=1S/C21H25NO5S2/c1-3-27-21(24)19-16-7-5-4-6-8-17(16)28-20(19)22-18(23)13-14-9-11-15(12-10-14)29(2,25)26/h9-12H,3-8,13H2,1-2H3,(H,22,23). The fourth-order valence-electron chi connectivity index (χ4n) is 3.46. The maximum atomic E-state index is 12.6. The molecule has 0 unspecified atom stereocenters. The summed E-state index contributed by atoms with van der Waals surface area (Å²) < 4.78 is 28.4. The lowest BCUT2D eigenvalue weighted by Gasteiger charge is -2.09. The van der Waals surface area contributed by atoms with Crippen molar-refractivity contribution in [1.29, 1.82) is 0 Å². The van der Waals surface area contributed by atoms with Crippen LogP contribution in [-0.4, -0.2) is 33.2 Å². The molecule has 1 aliphatic rings. The van der Waals surface area contributed by atoms with E-state index in [1.54, 1.807) is 19.1 Å². The second-order valence-electron chi connectivity index (χ2n) is 7.13. The van der Waals surface area contributed by atoms with E-state index in [2.05, 4.69) is 5.32 Å². The average Bonchev–Trinajstić information content (AvgIpc) is 2.82. The summed E-state index contributed by atoms with van der Waals surface area (Å²) in [5.74, 6) is -0.640. The number of aryl methyl sites for hydroxylation is 1. The molecule has 3 rings (SSSR count). The summed E-state index contributed by atoms with van der Waals surface area (Å²) in [5, 5.41) is 3.43. The molecule has 0 spiro atoms. The number of ether oxygens (including phenoxy) is 1. The SMILES string of the molecule is CCOC(=O)c1c(NC(=O)Cc2ccc(S(C)(=O)=O)cc2)sc2c1CCCCC2. The van der Waals surface area contributed by atoms with Crippen LogP contribution in [0.4, 0.5) is 5.00 Å². The zero-order chi connectivity index (χ0) is 21.0. The van der Waals surface area contributed by atoms with Crippen molar-refractivity contribution in [2.24, 2.45) is 0 Å². The fraction of sp³-hybridized carbons (Fsp3) is 0.429. The highest BCUT2D eigenvalue weighted by molar-refractivity contribution is 7.90. The molecule has 2 aromatic rings. The highest BCUT2D eigenvalue weighted by Crippen LogP contribution is 2.38. The number of sulfone groups is 1. The van der Waals surface area contributed by atoms with Gasteiger partial charge in [-0.05, 0) is 55.9 Å². The number of thiophene rings is 1. The van der Waals surface area contributed by atoms with E-state index in [1.807, 2.05) is 0 Å². The Morgan fingerprint density at radius 1 is 1.10 bits per heavy atom. The molecule has 29 heavy (non-hydrogen) atoms. The monoisotopic (exact) mass is 435 g/mol. The first-order valence-electron chi connectivity index (χ1n) is 9.70. The summed E-state index contributed by atoms with van der Waals surface area (Å²) in [7, 11) is -3.27. The fourth-order valence-corrected chi connectivity index (χ4v) is 5.38. The molecule has 1 aliphatic carbocycles. The molecular formula is C21H25NO5S2. The molecule has 6 nitrogen and oxygen atoms in total. The normalized spacial score (nSPS) is 14.0. The minimum atomic E-state index is -3.27. The summed E-state index contributed by atoms with van der Waals surface area (Å²) >= 11 is 1.46. The van der Waals surface area contributed by atoms with Gasteiger partial charge in [0.05, 0.1) is 23.5 Å². The Kier molecular flexibility index (Phi) is 6.74. The van der Waals surface area contributed by atoms with E-state index in [1.165, 1.54) is 23.5 Å². The number of amides is 1. The Bertz CT molecular complexity index is 1010. The van der Waals surface area contributed by atoms with Crippen molar-refractivity contribution in [1.82, 2.24) is 0 Å². The van der Waals surface area contributed by atoms with Crippen molar-refractivity contribution in [3.05, 3.63) is 45.8 Å². The molecule has 0 aliphatic heterocycles. The largest absolute Gasteiger partial charge is 0.462 e. The molecule has 1 aromatic heterocycles. The van der Waals surface area contributed by atoms with E-state index < -0.39 is 9.84 Å². The number of carbonyl (C=O) groups is 2. The van der Waals surface area contributed by atoms with Gasteiger partial charge in [-0.1, -0.05) is 18.6 Å². The average molecular weight is 436 g/mol. The van der Waals surface area contributed by atoms with Crippen LogP contribution in [0.25, 0.3) is 0 Å². The van der Waals surface area contributed by atoms with E-state index in [4.69, 9.17) is 4.74 Å². The predicted octanol–water partition coefficient (Wildman–Crippen LogP) is 3.78. The van der Waals surface area contributed by atoms with Crippen LogP contribution in [0, 0.1) is 0 Å². The van der Waals surface area contributed by atoms with Gasteiger partial charge >= 0.3 is 5.97 Å². The first-order chi connectivity index (χ1) is 13.8. The molecule has 0 fully saturated rings. The highest BCUT2D eigenvalue weighted by atomic mass is 32.2.